The van der Waals surface area contributed by atoms with Crippen LogP contribution < -0.4 is 0 Å². The number of β-amino-alcohol motifs (C(OH)–C–C–N with tert-alkyl or cyclic N) is 2. The molecular weight excluding hydrogens is 172 g/mol. The van der Waals surface area contributed by atoms with Crippen LogP contribution in [0.25, 0.3) is 0 Å². The van der Waals surface area contributed by atoms with Crippen LogP contribution in [0.4, 0.5) is 0 Å². The monoisotopic (exact) mass is 188 g/mol. The van der Waals surface area contributed by atoms with Crippen molar-refractivity contribution in [3.63, 3.8) is 0 Å². The van der Waals surface area contributed by atoms with Crippen LogP contribution in [0.3, 0.4) is 0 Å². The van der Waals surface area contributed by atoms with E-state index in [-0.39, 0.29) is 12.5 Å². The van der Waals surface area contributed by atoms with Gasteiger partial charge in [-0.05, 0) is 0 Å². The summed E-state index contributed by atoms with van der Waals surface area (Å²) in [6.07, 6.45) is -1.43. The molecule has 0 radical (unpaired) electrons. The molecule has 1 aliphatic rings. The molecular formula is C8H16N2O3. The van der Waals surface area contributed by atoms with Gasteiger partial charge in [-0.3, -0.25) is 9.69 Å². The van der Waals surface area contributed by atoms with Crippen LogP contribution in [0, 0.1) is 0 Å². The van der Waals surface area contributed by atoms with Gasteiger partial charge in [-0.2, -0.15) is 0 Å². The van der Waals surface area contributed by atoms with Crippen molar-refractivity contribution in [2.45, 2.75) is 12.2 Å². The molecule has 0 aromatic heterocycles. The van der Waals surface area contributed by atoms with Crippen LogP contribution in [-0.4, -0.2) is 71.9 Å². The predicted octanol–water partition coefficient (Wildman–Crippen LogP) is -1.89. The number of amides is 1. The van der Waals surface area contributed by atoms with Gasteiger partial charge >= 0.3 is 0 Å². The van der Waals surface area contributed by atoms with Crippen molar-refractivity contribution in [2.75, 3.05) is 33.7 Å². The summed E-state index contributed by atoms with van der Waals surface area (Å²) in [7, 11) is 3.37. The molecule has 0 aromatic rings. The van der Waals surface area contributed by atoms with Crippen LogP contribution in [0.15, 0.2) is 0 Å². The fraction of sp³-hybridized carbons (Fsp3) is 0.875. The maximum Gasteiger partial charge on any atom is 0.236 e. The minimum atomic E-state index is -0.713. The highest BCUT2D eigenvalue weighted by atomic mass is 16.3. The van der Waals surface area contributed by atoms with Crippen LogP contribution >= 0.6 is 0 Å². The third-order valence-electron chi connectivity index (χ3n) is 2.19. The van der Waals surface area contributed by atoms with E-state index in [9.17, 15) is 15.0 Å². The SMILES string of the molecule is CN(C)C(=O)CN1C[C@@H](O)[C@@H](O)C1. The quantitative estimate of drug-likeness (QED) is 0.532. The number of nitrogens with zero attached hydrogens (tertiary/aromatic N) is 2. The first-order chi connectivity index (χ1) is 6.00. The minimum absolute atomic E-state index is 0.0127. The molecule has 5 nitrogen and oxygen atoms in total. The smallest absolute Gasteiger partial charge is 0.236 e. The van der Waals surface area contributed by atoms with Gasteiger partial charge in [-0.25, -0.2) is 0 Å². The Morgan fingerprint density at radius 1 is 1.38 bits per heavy atom. The fourth-order valence-corrected chi connectivity index (χ4v) is 1.31. The maximum absolute atomic E-state index is 11.2. The van der Waals surface area contributed by atoms with Crippen molar-refractivity contribution in [1.29, 1.82) is 0 Å². The van der Waals surface area contributed by atoms with Gasteiger partial charge < -0.3 is 15.1 Å². The first kappa shape index (κ1) is 10.4. The lowest BCUT2D eigenvalue weighted by molar-refractivity contribution is -0.129. The molecule has 0 aromatic carbocycles. The number of carbonyl (C=O) groups excluding carboxylic acids is 1. The van der Waals surface area contributed by atoms with Crippen LogP contribution in [0.5, 0.6) is 0 Å². The van der Waals surface area contributed by atoms with E-state index >= 15 is 0 Å². The Hall–Kier alpha value is -0.650. The summed E-state index contributed by atoms with van der Waals surface area (Å²) in [5, 5.41) is 18.4. The molecule has 0 saturated carbocycles. The Morgan fingerprint density at radius 2 is 1.85 bits per heavy atom. The molecule has 2 atom stereocenters. The van der Waals surface area contributed by atoms with Crippen molar-refractivity contribution in [1.82, 2.24) is 9.80 Å². The lowest BCUT2D eigenvalue weighted by Crippen LogP contribution is -2.35. The zero-order chi connectivity index (χ0) is 10.0. The van der Waals surface area contributed by atoms with Gasteiger partial charge in [0.2, 0.25) is 5.91 Å². The van der Waals surface area contributed by atoms with Crippen LogP contribution in [-0.2, 0) is 4.79 Å². The first-order valence-corrected chi connectivity index (χ1v) is 4.29. The zero-order valence-corrected chi connectivity index (χ0v) is 7.97. The standard InChI is InChI=1S/C8H16N2O3/c1-9(2)8(13)5-10-3-6(11)7(12)4-10/h6-7,11-12H,3-5H2,1-2H3/t6-,7+. The van der Waals surface area contributed by atoms with Crippen LogP contribution in [0.1, 0.15) is 0 Å². The second kappa shape index (κ2) is 4.04. The Bertz CT molecular complexity index is 186. The molecule has 2 N–H and O–H groups in total. The van der Waals surface area contributed by atoms with Gasteiger partial charge in [0.1, 0.15) is 0 Å². The van der Waals surface area contributed by atoms with E-state index in [0.29, 0.717) is 13.1 Å². The highest BCUT2D eigenvalue weighted by molar-refractivity contribution is 5.77. The van der Waals surface area contributed by atoms with Crippen molar-refractivity contribution in [3.8, 4) is 0 Å². The number of hydrogen-bond donors (Lipinski definition) is 2. The Labute approximate surface area is 77.6 Å². The lowest BCUT2D eigenvalue weighted by Gasteiger charge is -2.17. The lowest BCUT2D eigenvalue weighted by atomic mass is 10.3. The van der Waals surface area contributed by atoms with E-state index in [0.717, 1.165) is 0 Å². The van der Waals surface area contributed by atoms with E-state index in [1.54, 1.807) is 19.0 Å². The summed E-state index contributed by atoms with van der Waals surface area (Å²) in [6.45, 7) is 1.02. The molecule has 1 amide bonds. The van der Waals surface area contributed by atoms with Gasteiger partial charge in [0, 0.05) is 27.2 Å². The third-order valence-corrected chi connectivity index (χ3v) is 2.19. The molecule has 1 heterocycles. The van der Waals surface area contributed by atoms with E-state index in [4.69, 9.17) is 0 Å². The van der Waals surface area contributed by atoms with Gasteiger partial charge in [0.15, 0.2) is 0 Å². The largest absolute Gasteiger partial charge is 0.389 e. The summed E-state index contributed by atoms with van der Waals surface area (Å²) >= 11 is 0. The molecule has 1 rings (SSSR count). The van der Waals surface area contributed by atoms with Gasteiger partial charge in [-0.1, -0.05) is 0 Å². The highest BCUT2D eigenvalue weighted by Gasteiger charge is 2.30. The molecule has 0 bridgehead atoms. The molecule has 1 saturated heterocycles. The zero-order valence-electron chi connectivity index (χ0n) is 7.97. The average Bonchev–Trinajstić information content (AvgIpc) is 2.31. The summed E-state index contributed by atoms with van der Waals surface area (Å²) in [5.74, 6) is -0.0127. The number of rotatable bonds is 2. The van der Waals surface area contributed by atoms with E-state index in [1.807, 2.05) is 0 Å². The number of likely N-dealkylation sites (N-methyl/N-ethyl adjacent to an activating group) is 1. The molecule has 0 unspecified atom stereocenters. The summed E-state index contributed by atoms with van der Waals surface area (Å²) < 4.78 is 0. The number of likely N-dealkylation sites (tertiary alicyclic amines) is 1. The van der Waals surface area contributed by atoms with Crippen molar-refractivity contribution in [3.05, 3.63) is 0 Å². The van der Waals surface area contributed by atoms with Crippen molar-refractivity contribution >= 4 is 5.91 Å². The molecule has 76 valence electrons. The topological polar surface area (TPSA) is 64.0 Å². The fourth-order valence-electron chi connectivity index (χ4n) is 1.31. The van der Waals surface area contributed by atoms with Crippen LogP contribution in [0.2, 0.25) is 0 Å². The molecule has 0 spiro atoms. The first-order valence-electron chi connectivity index (χ1n) is 4.29. The van der Waals surface area contributed by atoms with Gasteiger partial charge in [-0.15, -0.1) is 0 Å². The number of aliphatic hydroxyl groups is 2. The highest BCUT2D eigenvalue weighted by Crippen LogP contribution is 2.09. The summed E-state index contributed by atoms with van der Waals surface area (Å²) in [5.41, 5.74) is 0. The van der Waals surface area contributed by atoms with Gasteiger partial charge in [0.05, 0.1) is 18.8 Å². The number of carbonyl (C=O) groups is 1. The Morgan fingerprint density at radius 3 is 2.23 bits per heavy atom. The number of aliphatic hydroxyl groups excluding tert-OH is 2. The Kier molecular flexibility index (Phi) is 3.24. The van der Waals surface area contributed by atoms with E-state index < -0.39 is 12.2 Å². The molecule has 13 heavy (non-hydrogen) atoms. The third kappa shape index (κ3) is 2.65. The number of hydrogen-bond acceptors (Lipinski definition) is 4. The summed E-state index contributed by atoms with van der Waals surface area (Å²) in [4.78, 5) is 14.5. The average molecular weight is 188 g/mol. The Balaban J connectivity index is 2.36. The molecule has 1 aliphatic heterocycles. The minimum Gasteiger partial charge on any atom is -0.389 e. The van der Waals surface area contributed by atoms with E-state index in [1.165, 1.54) is 4.90 Å². The predicted molar refractivity (Wildman–Crippen MR) is 47.1 cm³/mol. The van der Waals surface area contributed by atoms with E-state index in [2.05, 4.69) is 0 Å². The van der Waals surface area contributed by atoms with Crippen molar-refractivity contribution in [2.24, 2.45) is 0 Å². The van der Waals surface area contributed by atoms with Gasteiger partial charge in [0.25, 0.3) is 0 Å². The second-order valence-corrected chi connectivity index (χ2v) is 3.62. The second-order valence-electron chi connectivity index (χ2n) is 3.62. The van der Waals surface area contributed by atoms with Crippen molar-refractivity contribution < 1.29 is 15.0 Å². The summed E-state index contributed by atoms with van der Waals surface area (Å²) in [6, 6.07) is 0. The molecule has 1 fully saturated rings. The maximum atomic E-state index is 11.2. The normalized spacial score (nSPS) is 29.2. The molecule has 0 aliphatic carbocycles. The molecule has 5 heteroatoms.